The van der Waals surface area contributed by atoms with Crippen molar-refractivity contribution in [2.45, 2.75) is 19.8 Å². The number of hydrogen-bond donors (Lipinski definition) is 1. The molecule has 116 valence electrons. The summed E-state index contributed by atoms with van der Waals surface area (Å²) in [4.78, 5) is 12.3. The quantitative estimate of drug-likeness (QED) is 0.882. The van der Waals surface area contributed by atoms with Gasteiger partial charge in [-0.05, 0) is 53.4 Å². The molecule has 0 aromatic heterocycles. The van der Waals surface area contributed by atoms with Crippen LogP contribution < -0.4 is 5.32 Å². The summed E-state index contributed by atoms with van der Waals surface area (Å²) in [6.07, 6.45) is 2.60. The van der Waals surface area contributed by atoms with Crippen molar-refractivity contribution in [2.24, 2.45) is 5.92 Å². The number of halogens is 1. The smallest absolute Gasteiger partial charge is 0.228 e. The Bertz CT molecular complexity index is 646. The normalized spacial score (nSPS) is 20.2. The molecule has 1 aliphatic heterocycles. The van der Waals surface area contributed by atoms with Gasteiger partial charge in [-0.15, -0.1) is 0 Å². The largest absolute Gasteiger partial charge is 0.325 e. The molecule has 0 saturated carbocycles. The van der Waals surface area contributed by atoms with Gasteiger partial charge in [0.15, 0.2) is 0 Å². The molecule has 1 aliphatic rings. The predicted octanol–water partition coefficient (Wildman–Crippen LogP) is 2.37. The average Bonchev–Trinajstić information content (AvgIpc) is 2.41. The standard InChI is InChI=1S/C14H19BrN2O3S/c1-10-5-6-13(12(15)8-10)16-14(18)11-4-3-7-17(9-11)21(2,19)20/h5-6,8,11H,3-4,7,9H2,1-2H3,(H,16,18)/t11-/m0/s1. The maximum atomic E-state index is 12.3. The third-order valence-electron chi connectivity index (χ3n) is 3.61. The SMILES string of the molecule is Cc1ccc(NC(=O)[C@H]2CCCN(S(C)(=O)=O)C2)c(Br)c1. The van der Waals surface area contributed by atoms with Crippen molar-refractivity contribution in [3.8, 4) is 0 Å². The zero-order valence-corrected chi connectivity index (χ0v) is 14.5. The lowest BCUT2D eigenvalue weighted by Gasteiger charge is -2.30. The van der Waals surface area contributed by atoms with Crippen molar-refractivity contribution < 1.29 is 13.2 Å². The molecule has 1 heterocycles. The summed E-state index contributed by atoms with van der Waals surface area (Å²) in [5.74, 6) is -0.436. The van der Waals surface area contributed by atoms with Crippen molar-refractivity contribution in [1.29, 1.82) is 0 Å². The summed E-state index contributed by atoms with van der Waals surface area (Å²) in [7, 11) is -3.23. The molecule has 0 radical (unpaired) electrons. The van der Waals surface area contributed by atoms with Crippen LogP contribution in [-0.2, 0) is 14.8 Å². The Morgan fingerprint density at radius 1 is 1.43 bits per heavy atom. The number of nitrogens with one attached hydrogen (secondary N) is 1. The van der Waals surface area contributed by atoms with Crippen LogP contribution in [0.3, 0.4) is 0 Å². The first-order valence-electron chi connectivity index (χ1n) is 6.79. The van der Waals surface area contributed by atoms with E-state index >= 15 is 0 Å². The van der Waals surface area contributed by atoms with Gasteiger partial charge in [0.2, 0.25) is 15.9 Å². The van der Waals surface area contributed by atoms with E-state index in [-0.39, 0.29) is 18.4 Å². The zero-order chi connectivity index (χ0) is 15.6. The van der Waals surface area contributed by atoms with Crippen LogP contribution in [0.4, 0.5) is 5.69 Å². The Kier molecular flexibility index (Phi) is 5.06. The molecule has 1 N–H and O–H groups in total. The van der Waals surface area contributed by atoms with E-state index in [1.165, 1.54) is 10.6 Å². The molecule has 1 aromatic carbocycles. The highest BCUT2D eigenvalue weighted by Crippen LogP contribution is 2.25. The third-order valence-corrected chi connectivity index (χ3v) is 5.53. The molecule has 21 heavy (non-hydrogen) atoms. The van der Waals surface area contributed by atoms with Crippen molar-refractivity contribution in [2.75, 3.05) is 24.7 Å². The first-order valence-corrected chi connectivity index (χ1v) is 9.43. The number of aryl methyl sites for hydroxylation is 1. The molecule has 1 amide bonds. The summed E-state index contributed by atoms with van der Waals surface area (Å²) in [5, 5.41) is 2.87. The highest BCUT2D eigenvalue weighted by molar-refractivity contribution is 9.10. The summed E-state index contributed by atoms with van der Waals surface area (Å²) in [5.41, 5.74) is 1.81. The number of rotatable bonds is 3. The van der Waals surface area contributed by atoms with Gasteiger partial charge in [-0.3, -0.25) is 4.79 Å². The molecule has 1 aromatic rings. The van der Waals surface area contributed by atoms with E-state index in [0.29, 0.717) is 25.1 Å². The molecular formula is C14H19BrN2O3S. The number of sulfonamides is 1. The average molecular weight is 375 g/mol. The number of amides is 1. The maximum Gasteiger partial charge on any atom is 0.228 e. The number of nitrogens with zero attached hydrogens (tertiary/aromatic N) is 1. The van der Waals surface area contributed by atoms with E-state index in [9.17, 15) is 13.2 Å². The lowest BCUT2D eigenvalue weighted by molar-refractivity contribution is -0.120. The van der Waals surface area contributed by atoms with E-state index in [2.05, 4.69) is 21.2 Å². The zero-order valence-electron chi connectivity index (χ0n) is 12.1. The Morgan fingerprint density at radius 3 is 2.76 bits per heavy atom. The molecule has 1 atom stereocenters. The van der Waals surface area contributed by atoms with Crippen LogP contribution in [0.25, 0.3) is 0 Å². The van der Waals surface area contributed by atoms with Gasteiger partial charge in [0.1, 0.15) is 0 Å². The number of carbonyl (C=O) groups is 1. The topological polar surface area (TPSA) is 66.5 Å². The number of carbonyl (C=O) groups excluding carboxylic acids is 1. The van der Waals surface area contributed by atoms with Gasteiger partial charge >= 0.3 is 0 Å². The maximum absolute atomic E-state index is 12.3. The Balaban J connectivity index is 2.06. The van der Waals surface area contributed by atoms with Crippen LogP contribution in [0.1, 0.15) is 18.4 Å². The Labute approximate surface area is 133 Å². The number of piperidine rings is 1. The molecule has 1 fully saturated rings. The summed E-state index contributed by atoms with van der Waals surface area (Å²) >= 11 is 3.42. The van der Waals surface area contributed by atoms with Gasteiger partial charge in [0, 0.05) is 17.6 Å². The van der Waals surface area contributed by atoms with Gasteiger partial charge in [-0.1, -0.05) is 6.07 Å². The van der Waals surface area contributed by atoms with Crippen LogP contribution >= 0.6 is 15.9 Å². The molecule has 0 bridgehead atoms. The first kappa shape index (κ1) is 16.5. The van der Waals surface area contributed by atoms with Crippen LogP contribution in [0.2, 0.25) is 0 Å². The van der Waals surface area contributed by atoms with Crippen molar-refractivity contribution >= 4 is 37.5 Å². The van der Waals surface area contributed by atoms with Gasteiger partial charge in [0.25, 0.3) is 0 Å². The molecular weight excluding hydrogens is 356 g/mol. The number of hydrogen-bond acceptors (Lipinski definition) is 3. The fourth-order valence-electron chi connectivity index (χ4n) is 2.41. The molecule has 0 unspecified atom stereocenters. The first-order chi connectivity index (χ1) is 9.77. The second-order valence-corrected chi connectivity index (χ2v) is 8.27. The summed E-state index contributed by atoms with van der Waals surface area (Å²) in [6, 6.07) is 5.69. The van der Waals surface area contributed by atoms with Gasteiger partial charge < -0.3 is 5.32 Å². The molecule has 1 saturated heterocycles. The molecule has 0 aliphatic carbocycles. The van der Waals surface area contributed by atoms with Crippen molar-refractivity contribution in [3.05, 3.63) is 28.2 Å². The minimum absolute atomic E-state index is 0.132. The lowest BCUT2D eigenvalue weighted by Crippen LogP contribution is -2.43. The second-order valence-electron chi connectivity index (χ2n) is 5.43. The lowest BCUT2D eigenvalue weighted by atomic mass is 9.98. The van der Waals surface area contributed by atoms with Crippen LogP contribution in [-0.4, -0.2) is 38.0 Å². The number of benzene rings is 1. The van der Waals surface area contributed by atoms with E-state index in [1.54, 1.807) is 0 Å². The molecule has 0 spiro atoms. The fraction of sp³-hybridized carbons (Fsp3) is 0.500. The van der Waals surface area contributed by atoms with E-state index in [0.717, 1.165) is 10.0 Å². The molecule has 2 rings (SSSR count). The predicted molar refractivity (Wildman–Crippen MR) is 86.6 cm³/mol. The monoisotopic (exact) mass is 374 g/mol. The van der Waals surface area contributed by atoms with Crippen molar-refractivity contribution in [1.82, 2.24) is 4.31 Å². The second kappa shape index (κ2) is 6.46. The van der Waals surface area contributed by atoms with E-state index in [4.69, 9.17) is 0 Å². The van der Waals surface area contributed by atoms with E-state index < -0.39 is 10.0 Å². The summed E-state index contributed by atoms with van der Waals surface area (Å²) in [6.45, 7) is 2.73. The van der Waals surface area contributed by atoms with Gasteiger partial charge in [-0.2, -0.15) is 0 Å². The van der Waals surface area contributed by atoms with Crippen molar-refractivity contribution in [3.63, 3.8) is 0 Å². The molecule has 7 heteroatoms. The highest BCUT2D eigenvalue weighted by atomic mass is 79.9. The summed E-state index contributed by atoms with van der Waals surface area (Å²) < 4.78 is 25.4. The third kappa shape index (κ3) is 4.28. The minimum atomic E-state index is -3.23. The van der Waals surface area contributed by atoms with Crippen LogP contribution in [0, 0.1) is 12.8 Å². The molecule has 5 nitrogen and oxygen atoms in total. The van der Waals surface area contributed by atoms with Gasteiger partial charge in [-0.25, -0.2) is 12.7 Å². The fourth-order valence-corrected chi connectivity index (χ4v) is 3.92. The Hall–Kier alpha value is -0.920. The van der Waals surface area contributed by atoms with Crippen LogP contribution in [0.5, 0.6) is 0 Å². The highest BCUT2D eigenvalue weighted by Gasteiger charge is 2.30. The minimum Gasteiger partial charge on any atom is -0.325 e. The Morgan fingerprint density at radius 2 is 2.14 bits per heavy atom. The van der Waals surface area contributed by atoms with Gasteiger partial charge in [0.05, 0.1) is 17.9 Å². The van der Waals surface area contributed by atoms with E-state index in [1.807, 2.05) is 25.1 Å². The van der Waals surface area contributed by atoms with Crippen LogP contribution in [0.15, 0.2) is 22.7 Å². The number of anilines is 1.